The number of likely N-dealkylation sites (N-methyl/N-ethyl adjacent to an activating group) is 1. The molecule has 1 aromatic heterocycles. The normalized spacial score (nSPS) is 17.8. The number of rotatable bonds is 7. The Morgan fingerprint density at radius 3 is 2.47 bits per heavy atom. The maximum Gasteiger partial charge on any atom is 0.225 e. The van der Waals surface area contributed by atoms with Gasteiger partial charge < -0.3 is 14.7 Å². The molecule has 2 aromatic rings. The third-order valence-electron chi connectivity index (χ3n) is 6.93. The second kappa shape index (κ2) is 10.4. The zero-order chi connectivity index (χ0) is 22.5. The van der Waals surface area contributed by atoms with Crippen molar-refractivity contribution in [2.75, 3.05) is 44.7 Å². The Kier molecular flexibility index (Phi) is 7.40. The monoisotopic (exact) mass is 435 g/mol. The van der Waals surface area contributed by atoms with Gasteiger partial charge in [-0.3, -0.25) is 4.79 Å². The largest absolute Gasteiger partial charge is 0.354 e. The molecule has 4 rings (SSSR count). The van der Waals surface area contributed by atoms with Crippen molar-refractivity contribution in [3.05, 3.63) is 41.6 Å². The van der Waals surface area contributed by atoms with Crippen molar-refractivity contribution in [1.29, 1.82) is 0 Å². The smallest absolute Gasteiger partial charge is 0.225 e. The van der Waals surface area contributed by atoms with E-state index in [-0.39, 0.29) is 5.92 Å². The molecule has 32 heavy (non-hydrogen) atoms. The summed E-state index contributed by atoms with van der Waals surface area (Å²) in [6.45, 7) is 9.68. The topological polar surface area (TPSA) is 52.6 Å². The van der Waals surface area contributed by atoms with Gasteiger partial charge in [-0.05, 0) is 19.9 Å². The summed E-state index contributed by atoms with van der Waals surface area (Å²) in [5, 5.41) is 0. The van der Waals surface area contributed by atoms with Gasteiger partial charge in [-0.2, -0.15) is 0 Å². The highest BCUT2D eigenvalue weighted by molar-refractivity contribution is 5.79. The summed E-state index contributed by atoms with van der Waals surface area (Å²) >= 11 is 0. The van der Waals surface area contributed by atoms with Gasteiger partial charge in [-0.1, -0.05) is 57.0 Å². The Morgan fingerprint density at radius 2 is 1.78 bits per heavy atom. The van der Waals surface area contributed by atoms with Crippen LogP contribution in [0.15, 0.2) is 30.3 Å². The highest BCUT2D eigenvalue weighted by Gasteiger charge is 2.31. The van der Waals surface area contributed by atoms with E-state index in [2.05, 4.69) is 47.7 Å². The van der Waals surface area contributed by atoms with E-state index in [9.17, 15) is 4.79 Å². The number of hydrogen-bond acceptors (Lipinski definition) is 5. The molecule has 1 atom stereocenters. The third-order valence-corrected chi connectivity index (χ3v) is 6.93. The van der Waals surface area contributed by atoms with Gasteiger partial charge in [0.1, 0.15) is 5.82 Å². The fourth-order valence-corrected chi connectivity index (χ4v) is 4.79. The Hall–Kier alpha value is -2.47. The molecule has 1 saturated heterocycles. The standard InChI is InChI=1S/C26H37N5O/c1-4-6-10-20(5-2)26(32)31-14-13-23-22(19-31)25(30-17-15-29(3)16-18-30)28-24(27-23)21-11-8-7-9-12-21/h7-9,11-12,20H,4-6,10,13-19H2,1-3H3. The molecule has 1 aromatic carbocycles. The fraction of sp³-hybridized carbons (Fsp3) is 0.577. The van der Waals surface area contributed by atoms with Gasteiger partial charge >= 0.3 is 0 Å². The molecule has 0 N–H and O–H groups in total. The van der Waals surface area contributed by atoms with Crippen molar-refractivity contribution in [3.8, 4) is 11.4 Å². The Labute approximate surface area is 192 Å². The zero-order valence-electron chi connectivity index (χ0n) is 19.9. The Balaban J connectivity index is 1.65. The molecule has 1 unspecified atom stereocenters. The third kappa shape index (κ3) is 4.96. The number of carbonyl (C=O) groups excluding carboxylic acids is 1. The highest BCUT2D eigenvalue weighted by atomic mass is 16.2. The van der Waals surface area contributed by atoms with Crippen LogP contribution in [0.4, 0.5) is 5.82 Å². The molecule has 0 spiro atoms. The van der Waals surface area contributed by atoms with Crippen molar-refractivity contribution in [2.24, 2.45) is 5.92 Å². The summed E-state index contributed by atoms with van der Waals surface area (Å²) in [6.07, 6.45) is 4.95. The number of amides is 1. The first-order valence-electron chi connectivity index (χ1n) is 12.3. The molecule has 6 heteroatoms. The summed E-state index contributed by atoms with van der Waals surface area (Å²) in [4.78, 5) is 30.2. The van der Waals surface area contributed by atoms with E-state index in [4.69, 9.17) is 9.97 Å². The molecule has 3 heterocycles. The van der Waals surface area contributed by atoms with Crippen molar-refractivity contribution in [2.45, 2.75) is 52.5 Å². The summed E-state index contributed by atoms with van der Waals surface area (Å²) in [5.41, 5.74) is 3.31. The predicted molar refractivity (Wildman–Crippen MR) is 130 cm³/mol. The first kappa shape index (κ1) is 22.7. The van der Waals surface area contributed by atoms with Crippen LogP contribution in [0.2, 0.25) is 0 Å². The molecule has 0 radical (unpaired) electrons. The fourth-order valence-electron chi connectivity index (χ4n) is 4.79. The van der Waals surface area contributed by atoms with Crippen LogP contribution in [0.3, 0.4) is 0 Å². The van der Waals surface area contributed by atoms with Crippen LogP contribution in [0.5, 0.6) is 0 Å². The van der Waals surface area contributed by atoms with Gasteiger partial charge in [-0.15, -0.1) is 0 Å². The highest BCUT2D eigenvalue weighted by Crippen LogP contribution is 2.31. The number of piperazine rings is 1. The molecule has 2 aliphatic heterocycles. The number of anilines is 1. The van der Waals surface area contributed by atoms with Gasteiger partial charge in [0.25, 0.3) is 0 Å². The number of carbonyl (C=O) groups is 1. The number of hydrogen-bond donors (Lipinski definition) is 0. The zero-order valence-corrected chi connectivity index (χ0v) is 19.9. The predicted octanol–water partition coefficient (Wildman–Crippen LogP) is 4.00. The Morgan fingerprint density at radius 1 is 1.03 bits per heavy atom. The van der Waals surface area contributed by atoms with Crippen LogP contribution in [-0.4, -0.2) is 65.4 Å². The van der Waals surface area contributed by atoms with Crippen LogP contribution >= 0.6 is 0 Å². The van der Waals surface area contributed by atoms with E-state index in [1.54, 1.807) is 0 Å². The van der Waals surface area contributed by atoms with Crippen molar-refractivity contribution < 1.29 is 4.79 Å². The maximum atomic E-state index is 13.3. The molecule has 172 valence electrons. The quantitative estimate of drug-likeness (QED) is 0.658. The summed E-state index contributed by atoms with van der Waals surface area (Å²) in [7, 11) is 2.17. The lowest BCUT2D eigenvalue weighted by molar-refractivity contribution is -0.136. The number of benzene rings is 1. The molecule has 1 amide bonds. The van der Waals surface area contributed by atoms with E-state index >= 15 is 0 Å². The van der Waals surface area contributed by atoms with Gasteiger partial charge in [0, 0.05) is 56.2 Å². The molecular weight excluding hydrogens is 398 g/mol. The number of unbranched alkanes of at least 4 members (excludes halogenated alkanes) is 1. The summed E-state index contributed by atoms with van der Waals surface area (Å²) in [6, 6.07) is 10.3. The minimum atomic E-state index is 0.132. The Bertz CT molecular complexity index is 908. The van der Waals surface area contributed by atoms with Crippen molar-refractivity contribution in [3.63, 3.8) is 0 Å². The number of fused-ring (bicyclic) bond motifs is 1. The molecule has 1 fully saturated rings. The van der Waals surface area contributed by atoms with Crippen LogP contribution in [0.1, 0.15) is 50.8 Å². The van der Waals surface area contributed by atoms with Crippen LogP contribution in [0.25, 0.3) is 11.4 Å². The molecule has 6 nitrogen and oxygen atoms in total. The molecule has 2 aliphatic rings. The van der Waals surface area contributed by atoms with Crippen LogP contribution in [0, 0.1) is 5.92 Å². The van der Waals surface area contributed by atoms with Gasteiger partial charge in [0.05, 0.1) is 12.2 Å². The molecular formula is C26H37N5O. The number of nitrogens with zero attached hydrogens (tertiary/aromatic N) is 5. The molecule has 0 aliphatic carbocycles. The maximum absolute atomic E-state index is 13.3. The number of aromatic nitrogens is 2. The molecule has 0 bridgehead atoms. The average molecular weight is 436 g/mol. The van der Waals surface area contributed by atoms with E-state index < -0.39 is 0 Å². The lowest BCUT2D eigenvalue weighted by Crippen LogP contribution is -2.46. The van der Waals surface area contributed by atoms with Gasteiger partial charge in [0.15, 0.2) is 5.82 Å². The van der Waals surface area contributed by atoms with Gasteiger partial charge in [-0.25, -0.2) is 9.97 Å². The van der Waals surface area contributed by atoms with E-state index in [0.717, 1.165) is 93.3 Å². The van der Waals surface area contributed by atoms with Crippen molar-refractivity contribution in [1.82, 2.24) is 19.8 Å². The van der Waals surface area contributed by atoms with E-state index in [0.29, 0.717) is 12.5 Å². The first-order chi connectivity index (χ1) is 15.6. The average Bonchev–Trinajstić information content (AvgIpc) is 2.84. The minimum absolute atomic E-state index is 0.132. The van der Waals surface area contributed by atoms with E-state index in [1.807, 2.05) is 18.2 Å². The first-order valence-corrected chi connectivity index (χ1v) is 12.3. The second-order valence-electron chi connectivity index (χ2n) is 9.21. The van der Waals surface area contributed by atoms with Crippen LogP contribution < -0.4 is 4.90 Å². The van der Waals surface area contributed by atoms with Crippen molar-refractivity contribution >= 4 is 11.7 Å². The van der Waals surface area contributed by atoms with Gasteiger partial charge in [0.2, 0.25) is 5.91 Å². The van der Waals surface area contributed by atoms with Crippen LogP contribution in [-0.2, 0) is 17.8 Å². The molecule has 0 saturated carbocycles. The SMILES string of the molecule is CCCCC(CC)C(=O)N1CCc2nc(-c3ccccc3)nc(N3CCN(C)CC3)c2C1. The second-order valence-corrected chi connectivity index (χ2v) is 9.21. The lowest BCUT2D eigenvalue weighted by Gasteiger charge is -2.37. The summed E-state index contributed by atoms with van der Waals surface area (Å²) in [5.74, 6) is 2.27. The lowest BCUT2D eigenvalue weighted by atomic mass is 9.96. The summed E-state index contributed by atoms with van der Waals surface area (Å²) < 4.78 is 0. The van der Waals surface area contributed by atoms with E-state index in [1.165, 1.54) is 0 Å². The minimum Gasteiger partial charge on any atom is -0.354 e.